The van der Waals surface area contributed by atoms with Crippen molar-refractivity contribution in [3.8, 4) is 0 Å². The van der Waals surface area contributed by atoms with Gasteiger partial charge in [-0.3, -0.25) is 10.1 Å². The SMILES string of the molecule is N[C@@H](Cc1c[nH]c2ccc(NC(=O)O)cc12)C(=O)O. The van der Waals surface area contributed by atoms with Gasteiger partial charge in [0.2, 0.25) is 0 Å². The fourth-order valence-corrected chi connectivity index (χ4v) is 1.87. The van der Waals surface area contributed by atoms with E-state index in [-0.39, 0.29) is 6.42 Å². The molecule has 1 aromatic heterocycles. The highest BCUT2D eigenvalue weighted by Gasteiger charge is 2.15. The van der Waals surface area contributed by atoms with Gasteiger partial charge in [-0.2, -0.15) is 0 Å². The molecule has 0 aliphatic heterocycles. The summed E-state index contributed by atoms with van der Waals surface area (Å²) in [5, 5.41) is 20.5. The number of aliphatic carboxylic acids is 1. The van der Waals surface area contributed by atoms with E-state index < -0.39 is 18.1 Å². The number of hydrogen-bond donors (Lipinski definition) is 5. The molecule has 0 radical (unpaired) electrons. The van der Waals surface area contributed by atoms with E-state index in [0.29, 0.717) is 5.69 Å². The minimum atomic E-state index is -1.15. The van der Waals surface area contributed by atoms with Gasteiger partial charge in [0.15, 0.2) is 0 Å². The van der Waals surface area contributed by atoms with Crippen molar-refractivity contribution in [3.63, 3.8) is 0 Å². The van der Waals surface area contributed by atoms with E-state index in [0.717, 1.165) is 16.5 Å². The van der Waals surface area contributed by atoms with Gasteiger partial charge in [-0.25, -0.2) is 4.79 Å². The summed E-state index contributed by atoms with van der Waals surface area (Å²) in [6, 6.07) is 3.99. The van der Waals surface area contributed by atoms with Gasteiger partial charge in [0.1, 0.15) is 6.04 Å². The monoisotopic (exact) mass is 263 g/mol. The molecule has 0 fully saturated rings. The molecule has 7 nitrogen and oxygen atoms in total. The number of amides is 1. The second kappa shape index (κ2) is 4.99. The number of nitrogens with one attached hydrogen (secondary N) is 2. The summed E-state index contributed by atoms with van der Waals surface area (Å²) < 4.78 is 0. The maximum atomic E-state index is 10.7. The van der Waals surface area contributed by atoms with Crippen LogP contribution >= 0.6 is 0 Å². The molecule has 0 saturated heterocycles. The summed E-state index contributed by atoms with van der Waals surface area (Å²) in [4.78, 5) is 24.3. The number of H-pyrrole nitrogens is 1. The highest BCUT2D eigenvalue weighted by atomic mass is 16.4. The second-order valence-electron chi connectivity index (χ2n) is 4.15. The van der Waals surface area contributed by atoms with Crippen LogP contribution < -0.4 is 11.1 Å². The van der Waals surface area contributed by atoms with Crippen LogP contribution in [-0.2, 0) is 11.2 Å². The molecule has 6 N–H and O–H groups in total. The third kappa shape index (κ3) is 2.83. The molecule has 0 bridgehead atoms. The Morgan fingerprint density at radius 1 is 1.37 bits per heavy atom. The fourth-order valence-electron chi connectivity index (χ4n) is 1.87. The Hall–Kier alpha value is -2.54. The summed E-state index contributed by atoms with van der Waals surface area (Å²) in [5.74, 6) is -1.07. The number of carbonyl (C=O) groups is 2. The summed E-state index contributed by atoms with van der Waals surface area (Å²) in [6.07, 6.45) is 0.697. The maximum absolute atomic E-state index is 10.7. The Morgan fingerprint density at radius 3 is 2.74 bits per heavy atom. The van der Waals surface area contributed by atoms with E-state index in [1.54, 1.807) is 24.4 Å². The summed E-state index contributed by atoms with van der Waals surface area (Å²) in [6.45, 7) is 0. The number of carboxylic acids is 1. The Morgan fingerprint density at radius 2 is 2.11 bits per heavy atom. The first-order chi connectivity index (χ1) is 8.97. The van der Waals surface area contributed by atoms with Crippen LogP contribution in [0.15, 0.2) is 24.4 Å². The van der Waals surface area contributed by atoms with Gasteiger partial charge in [-0.1, -0.05) is 0 Å². The van der Waals surface area contributed by atoms with E-state index in [4.69, 9.17) is 15.9 Å². The second-order valence-corrected chi connectivity index (χ2v) is 4.15. The molecule has 0 spiro atoms. The molecule has 0 aliphatic carbocycles. The number of fused-ring (bicyclic) bond motifs is 1. The molecule has 2 rings (SSSR count). The van der Waals surface area contributed by atoms with Crippen LogP contribution in [0.5, 0.6) is 0 Å². The van der Waals surface area contributed by atoms with E-state index in [1.807, 2.05) is 0 Å². The molecular formula is C12H13N3O4. The summed E-state index contributed by atoms with van der Waals surface area (Å²) in [5.41, 5.74) is 7.45. The molecule has 100 valence electrons. The smallest absolute Gasteiger partial charge is 0.409 e. The zero-order chi connectivity index (χ0) is 14.0. The minimum absolute atomic E-state index is 0.172. The van der Waals surface area contributed by atoms with Crippen LogP contribution in [0.4, 0.5) is 10.5 Å². The predicted octanol–water partition coefficient (Wildman–Crippen LogP) is 1.21. The van der Waals surface area contributed by atoms with Crippen molar-refractivity contribution in [3.05, 3.63) is 30.0 Å². The Balaban J connectivity index is 2.34. The first-order valence-corrected chi connectivity index (χ1v) is 5.55. The van der Waals surface area contributed by atoms with Gasteiger partial charge in [0.05, 0.1) is 0 Å². The van der Waals surface area contributed by atoms with E-state index in [1.165, 1.54) is 0 Å². The standard InChI is InChI=1S/C12H13N3O4/c13-9(11(16)17)3-6-5-14-10-2-1-7(4-8(6)10)15-12(18)19/h1-2,4-5,9,14-15H,3,13H2,(H,16,17)(H,18,19)/t9-/m0/s1. The molecule has 2 aromatic rings. The van der Waals surface area contributed by atoms with Crippen molar-refractivity contribution in [1.29, 1.82) is 0 Å². The normalized spacial score (nSPS) is 12.3. The largest absolute Gasteiger partial charge is 0.480 e. The number of aromatic amines is 1. The third-order valence-electron chi connectivity index (χ3n) is 2.78. The average Bonchev–Trinajstić information content (AvgIpc) is 2.71. The van der Waals surface area contributed by atoms with E-state index in [2.05, 4.69) is 10.3 Å². The van der Waals surface area contributed by atoms with Crippen molar-refractivity contribution in [2.75, 3.05) is 5.32 Å². The minimum Gasteiger partial charge on any atom is -0.480 e. The molecule has 0 saturated carbocycles. The highest BCUT2D eigenvalue weighted by Crippen LogP contribution is 2.23. The quantitative estimate of drug-likeness (QED) is 0.566. The molecule has 1 atom stereocenters. The third-order valence-corrected chi connectivity index (χ3v) is 2.78. The summed E-state index contributed by atoms with van der Waals surface area (Å²) in [7, 11) is 0. The van der Waals surface area contributed by atoms with Crippen LogP contribution in [0.1, 0.15) is 5.56 Å². The predicted molar refractivity (Wildman–Crippen MR) is 69.3 cm³/mol. The molecule has 1 aromatic carbocycles. The Bertz CT molecular complexity index is 635. The summed E-state index contributed by atoms with van der Waals surface area (Å²) >= 11 is 0. The van der Waals surface area contributed by atoms with Gasteiger partial charge in [-0.15, -0.1) is 0 Å². The molecular weight excluding hydrogens is 250 g/mol. The molecule has 1 amide bonds. The number of hydrogen-bond acceptors (Lipinski definition) is 3. The van der Waals surface area contributed by atoms with Crippen LogP contribution in [-0.4, -0.2) is 33.3 Å². The molecule has 7 heteroatoms. The van der Waals surface area contributed by atoms with E-state index in [9.17, 15) is 9.59 Å². The van der Waals surface area contributed by atoms with Gasteiger partial charge in [0.25, 0.3) is 0 Å². The molecule has 0 aliphatic rings. The van der Waals surface area contributed by atoms with Crippen LogP contribution in [0.2, 0.25) is 0 Å². The van der Waals surface area contributed by atoms with Crippen molar-refractivity contribution in [2.45, 2.75) is 12.5 Å². The Labute approximate surface area is 108 Å². The van der Waals surface area contributed by atoms with Crippen molar-refractivity contribution >= 4 is 28.7 Å². The van der Waals surface area contributed by atoms with Gasteiger partial charge < -0.3 is 20.9 Å². The number of benzene rings is 1. The van der Waals surface area contributed by atoms with Crippen molar-refractivity contribution < 1.29 is 19.8 Å². The van der Waals surface area contributed by atoms with Crippen LogP contribution in [0.25, 0.3) is 10.9 Å². The lowest BCUT2D eigenvalue weighted by Gasteiger charge is -2.06. The number of anilines is 1. The number of rotatable bonds is 4. The lowest BCUT2D eigenvalue weighted by Crippen LogP contribution is -2.32. The zero-order valence-corrected chi connectivity index (χ0v) is 9.88. The average molecular weight is 263 g/mol. The zero-order valence-electron chi connectivity index (χ0n) is 9.88. The first-order valence-electron chi connectivity index (χ1n) is 5.55. The van der Waals surface area contributed by atoms with E-state index >= 15 is 0 Å². The van der Waals surface area contributed by atoms with Crippen molar-refractivity contribution in [2.24, 2.45) is 5.73 Å². The molecule has 1 heterocycles. The first kappa shape index (κ1) is 12.9. The fraction of sp³-hybridized carbons (Fsp3) is 0.167. The number of carboxylic acid groups (broad SMARTS) is 2. The van der Waals surface area contributed by atoms with Gasteiger partial charge in [-0.05, 0) is 23.8 Å². The Kier molecular flexibility index (Phi) is 3.39. The highest BCUT2D eigenvalue weighted by molar-refractivity contribution is 5.91. The maximum Gasteiger partial charge on any atom is 0.409 e. The number of aromatic nitrogens is 1. The van der Waals surface area contributed by atoms with Crippen molar-refractivity contribution in [1.82, 2.24) is 4.98 Å². The van der Waals surface area contributed by atoms with Crippen LogP contribution in [0, 0.1) is 0 Å². The molecule has 19 heavy (non-hydrogen) atoms. The van der Waals surface area contributed by atoms with Gasteiger partial charge >= 0.3 is 12.1 Å². The number of nitrogens with two attached hydrogens (primary N) is 1. The lowest BCUT2D eigenvalue weighted by molar-refractivity contribution is -0.138. The lowest BCUT2D eigenvalue weighted by atomic mass is 10.1. The van der Waals surface area contributed by atoms with Gasteiger partial charge in [0, 0.05) is 29.2 Å². The van der Waals surface area contributed by atoms with Crippen LogP contribution in [0.3, 0.4) is 0 Å². The topological polar surface area (TPSA) is 128 Å². The molecule has 0 unspecified atom stereocenters.